The van der Waals surface area contributed by atoms with Gasteiger partial charge < -0.3 is 10.6 Å². The summed E-state index contributed by atoms with van der Waals surface area (Å²) in [5.74, 6) is -0.894. The lowest BCUT2D eigenvalue weighted by Gasteiger charge is -2.11. The molecule has 0 bridgehead atoms. The van der Waals surface area contributed by atoms with E-state index in [4.69, 9.17) is 11.6 Å². The molecule has 2 aromatic rings. The van der Waals surface area contributed by atoms with Crippen molar-refractivity contribution in [3.8, 4) is 0 Å². The van der Waals surface area contributed by atoms with Crippen LogP contribution < -0.4 is 10.6 Å². The maximum atomic E-state index is 13.6. The average molecular weight is 293 g/mol. The molecule has 104 valence electrons. The highest BCUT2D eigenvalue weighted by molar-refractivity contribution is 6.34. The molecule has 3 nitrogen and oxygen atoms in total. The highest BCUT2D eigenvalue weighted by atomic mass is 35.5. The Morgan fingerprint density at radius 3 is 2.65 bits per heavy atom. The molecule has 0 saturated heterocycles. The monoisotopic (exact) mass is 292 g/mol. The van der Waals surface area contributed by atoms with Crippen LogP contribution in [0, 0.1) is 12.7 Å². The fourth-order valence-electron chi connectivity index (χ4n) is 1.88. The second kappa shape index (κ2) is 5.92. The molecule has 1 amide bonds. The van der Waals surface area contributed by atoms with Crippen LogP contribution in [0.1, 0.15) is 15.9 Å². The number of amides is 1. The first-order chi connectivity index (χ1) is 9.52. The van der Waals surface area contributed by atoms with E-state index in [0.717, 1.165) is 5.56 Å². The van der Waals surface area contributed by atoms with Gasteiger partial charge in [-0.1, -0.05) is 23.7 Å². The van der Waals surface area contributed by atoms with E-state index in [1.807, 2.05) is 13.0 Å². The highest BCUT2D eigenvalue weighted by Crippen LogP contribution is 2.25. The van der Waals surface area contributed by atoms with Crippen molar-refractivity contribution in [2.45, 2.75) is 6.92 Å². The van der Waals surface area contributed by atoms with Crippen LogP contribution in [-0.4, -0.2) is 13.0 Å². The van der Waals surface area contributed by atoms with E-state index in [9.17, 15) is 9.18 Å². The van der Waals surface area contributed by atoms with Gasteiger partial charge >= 0.3 is 0 Å². The maximum absolute atomic E-state index is 13.6. The average Bonchev–Trinajstić information content (AvgIpc) is 2.41. The molecule has 0 fully saturated rings. The lowest BCUT2D eigenvalue weighted by Crippen LogP contribution is -2.15. The number of carbonyl (C=O) groups excluding carboxylic acids is 1. The summed E-state index contributed by atoms with van der Waals surface area (Å²) in [6.45, 7) is 1.91. The van der Waals surface area contributed by atoms with Gasteiger partial charge in [-0.15, -0.1) is 0 Å². The molecule has 0 spiro atoms. The number of carbonyl (C=O) groups is 1. The van der Waals surface area contributed by atoms with E-state index in [0.29, 0.717) is 10.7 Å². The Morgan fingerprint density at radius 2 is 2.00 bits per heavy atom. The third kappa shape index (κ3) is 2.91. The van der Waals surface area contributed by atoms with Crippen LogP contribution in [0.2, 0.25) is 5.02 Å². The number of hydrogen-bond acceptors (Lipinski definition) is 2. The third-order valence-electron chi connectivity index (χ3n) is 2.88. The second-order valence-electron chi connectivity index (χ2n) is 4.35. The second-order valence-corrected chi connectivity index (χ2v) is 4.76. The summed E-state index contributed by atoms with van der Waals surface area (Å²) >= 11 is 6.06. The van der Waals surface area contributed by atoms with Crippen molar-refractivity contribution in [3.63, 3.8) is 0 Å². The van der Waals surface area contributed by atoms with Gasteiger partial charge in [-0.3, -0.25) is 4.79 Å². The zero-order chi connectivity index (χ0) is 14.7. The molecule has 0 aliphatic rings. The first-order valence-corrected chi connectivity index (χ1v) is 6.44. The first-order valence-electron chi connectivity index (χ1n) is 6.06. The minimum absolute atomic E-state index is 0.160. The molecule has 2 rings (SSSR count). The maximum Gasteiger partial charge on any atom is 0.257 e. The van der Waals surface area contributed by atoms with Gasteiger partial charge in [0.25, 0.3) is 5.91 Å². The number of hydrogen-bond donors (Lipinski definition) is 2. The van der Waals surface area contributed by atoms with E-state index in [1.165, 1.54) is 12.1 Å². The van der Waals surface area contributed by atoms with Crippen LogP contribution in [0.3, 0.4) is 0 Å². The van der Waals surface area contributed by atoms with E-state index >= 15 is 0 Å². The molecule has 0 radical (unpaired) electrons. The summed E-state index contributed by atoms with van der Waals surface area (Å²) in [4.78, 5) is 12.2. The third-order valence-corrected chi connectivity index (χ3v) is 3.19. The van der Waals surface area contributed by atoms with Crippen molar-refractivity contribution in [3.05, 3.63) is 58.4 Å². The standard InChI is InChI=1S/C15H14ClFN2O/c1-9-6-7-13(11(16)8-9)19-15(20)10-4-3-5-12(17)14(10)18-2/h3-8,18H,1-2H3,(H,19,20). The normalized spacial score (nSPS) is 10.2. The summed E-state index contributed by atoms with van der Waals surface area (Å²) in [6, 6.07) is 9.64. The fourth-order valence-corrected chi connectivity index (χ4v) is 2.16. The molecule has 2 N–H and O–H groups in total. The molecule has 0 saturated carbocycles. The zero-order valence-electron chi connectivity index (χ0n) is 11.1. The van der Waals surface area contributed by atoms with Gasteiger partial charge in [0.05, 0.1) is 22.0 Å². The van der Waals surface area contributed by atoms with E-state index in [-0.39, 0.29) is 11.3 Å². The van der Waals surface area contributed by atoms with Crippen LogP contribution in [0.5, 0.6) is 0 Å². The van der Waals surface area contributed by atoms with Crippen molar-refractivity contribution in [2.75, 3.05) is 17.7 Å². The molecular formula is C15H14ClFN2O. The predicted octanol–water partition coefficient (Wildman–Crippen LogP) is 4.08. The summed E-state index contributed by atoms with van der Waals surface area (Å²) in [6.07, 6.45) is 0. The van der Waals surface area contributed by atoms with E-state index in [2.05, 4.69) is 10.6 Å². The lowest BCUT2D eigenvalue weighted by atomic mass is 10.1. The predicted molar refractivity (Wildman–Crippen MR) is 80.1 cm³/mol. The largest absolute Gasteiger partial charge is 0.385 e. The first kappa shape index (κ1) is 14.3. The van der Waals surface area contributed by atoms with Crippen molar-refractivity contribution in [1.82, 2.24) is 0 Å². The molecule has 0 unspecified atom stereocenters. The molecule has 0 aromatic heterocycles. The van der Waals surface area contributed by atoms with Gasteiger partial charge in [0.1, 0.15) is 5.82 Å². The fraction of sp³-hybridized carbons (Fsp3) is 0.133. The van der Waals surface area contributed by atoms with Gasteiger partial charge in [0.15, 0.2) is 0 Å². The Kier molecular flexibility index (Phi) is 4.25. The molecule has 0 aliphatic heterocycles. The topological polar surface area (TPSA) is 41.1 Å². The number of halogens is 2. The van der Waals surface area contributed by atoms with Gasteiger partial charge in [0.2, 0.25) is 0 Å². The smallest absolute Gasteiger partial charge is 0.257 e. The lowest BCUT2D eigenvalue weighted by molar-refractivity contribution is 0.102. The molecule has 0 atom stereocenters. The SMILES string of the molecule is CNc1c(F)cccc1C(=O)Nc1ccc(C)cc1Cl. The van der Waals surface area contributed by atoms with Gasteiger partial charge in [-0.2, -0.15) is 0 Å². The Bertz CT molecular complexity index is 658. The molecular weight excluding hydrogens is 279 g/mol. The summed E-state index contributed by atoms with van der Waals surface area (Å²) in [5, 5.41) is 5.81. The summed E-state index contributed by atoms with van der Waals surface area (Å²) < 4.78 is 13.6. The van der Waals surface area contributed by atoms with Crippen molar-refractivity contribution >= 4 is 28.9 Å². The van der Waals surface area contributed by atoms with Crippen LogP contribution in [0.4, 0.5) is 15.8 Å². The van der Waals surface area contributed by atoms with Crippen molar-refractivity contribution < 1.29 is 9.18 Å². The summed E-state index contributed by atoms with van der Waals surface area (Å²) in [5.41, 5.74) is 1.88. The quantitative estimate of drug-likeness (QED) is 0.895. The van der Waals surface area contributed by atoms with Crippen LogP contribution in [-0.2, 0) is 0 Å². The van der Waals surface area contributed by atoms with Gasteiger partial charge in [0, 0.05) is 7.05 Å². The van der Waals surface area contributed by atoms with Crippen LogP contribution in [0.25, 0.3) is 0 Å². The van der Waals surface area contributed by atoms with Crippen LogP contribution in [0.15, 0.2) is 36.4 Å². The number of benzene rings is 2. The number of rotatable bonds is 3. The molecule has 20 heavy (non-hydrogen) atoms. The number of nitrogens with one attached hydrogen (secondary N) is 2. The molecule has 0 aliphatic carbocycles. The minimum Gasteiger partial charge on any atom is -0.385 e. The Balaban J connectivity index is 2.31. The van der Waals surface area contributed by atoms with E-state index in [1.54, 1.807) is 25.2 Å². The van der Waals surface area contributed by atoms with Gasteiger partial charge in [-0.25, -0.2) is 4.39 Å². The zero-order valence-corrected chi connectivity index (χ0v) is 11.9. The minimum atomic E-state index is -0.477. The van der Waals surface area contributed by atoms with Crippen molar-refractivity contribution in [2.24, 2.45) is 0 Å². The van der Waals surface area contributed by atoms with E-state index < -0.39 is 11.7 Å². The Hall–Kier alpha value is -2.07. The molecule has 2 aromatic carbocycles. The Labute approximate surface area is 121 Å². The number of aryl methyl sites for hydroxylation is 1. The number of para-hydroxylation sites is 1. The summed E-state index contributed by atoms with van der Waals surface area (Å²) in [7, 11) is 1.56. The molecule has 0 heterocycles. The number of anilines is 2. The molecule has 5 heteroatoms. The highest BCUT2D eigenvalue weighted by Gasteiger charge is 2.15. The van der Waals surface area contributed by atoms with Gasteiger partial charge in [-0.05, 0) is 36.8 Å². The van der Waals surface area contributed by atoms with Crippen molar-refractivity contribution in [1.29, 1.82) is 0 Å². The van der Waals surface area contributed by atoms with Crippen LogP contribution >= 0.6 is 11.6 Å². The Morgan fingerprint density at radius 1 is 1.25 bits per heavy atom.